The first-order valence-electron chi connectivity index (χ1n) is 9.47. The van der Waals surface area contributed by atoms with Gasteiger partial charge < -0.3 is 24.4 Å². The van der Waals surface area contributed by atoms with Gasteiger partial charge in [0.05, 0.1) is 14.2 Å². The minimum absolute atomic E-state index is 0.354. The van der Waals surface area contributed by atoms with Gasteiger partial charge in [0, 0.05) is 13.1 Å². The summed E-state index contributed by atoms with van der Waals surface area (Å²) in [4.78, 5) is 50.8. The Morgan fingerprint density at radius 1 is 1.10 bits per heavy atom. The largest absolute Gasteiger partial charge is 0.493 e. The Balaban J connectivity index is 1.55. The maximum atomic E-state index is 12.5. The van der Waals surface area contributed by atoms with Gasteiger partial charge in [-0.15, -0.1) is 0 Å². The highest BCUT2D eigenvalue weighted by atomic mass is 16.5. The zero-order chi connectivity index (χ0) is 22.1. The van der Waals surface area contributed by atoms with Crippen LogP contribution in [0.1, 0.15) is 25.0 Å². The molecule has 1 aromatic rings. The van der Waals surface area contributed by atoms with Crippen molar-refractivity contribution >= 4 is 23.8 Å². The summed E-state index contributed by atoms with van der Waals surface area (Å²) in [7, 11) is 3.11. The lowest BCUT2D eigenvalue weighted by Crippen LogP contribution is -2.42. The SMILES string of the molecule is COc1cc2c(cc1OC)CN(C(=O)COC(=O)CN1C(=O)NC(C)(C)C1=O)CC2. The molecule has 1 aromatic carbocycles. The third kappa shape index (κ3) is 4.17. The highest BCUT2D eigenvalue weighted by molar-refractivity contribution is 6.08. The topological polar surface area (TPSA) is 114 Å². The summed E-state index contributed by atoms with van der Waals surface area (Å²) in [5.41, 5.74) is 0.924. The second-order valence-corrected chi connectivity index (χ2v) is 7.65. The number of hydrogen-bond donors (Lipinski definition) is 1. The van der Waals surface area contributed by atoms with Crippen LogP contribution in [0.15, 0.2) is 12.1 Å². The number of imide groups is 1. The molecule has 1 fully saturated rings. The van der Waals surface area contributed by atoms with Crippen LogP contribution < -0.4 is 14.8 Å². The van der Waals surface area contributed by atoms with Crippen LogP contribution in [-0.2, 0) is 32.1 Å². The van der Waals surface area contributed by atoms with E-state index in [0.717, 1.165) is 16.0 Å². The molecule has 10 nitrogen and oxygen atoms in total. The maximum Gasteiger partial charge on any atom is 0.326 e. The second-order valence-electron chi connectivity index (χ2n) is 7.65. The molecule has 0 aliphatic carbocycles. The first kappa shape index (κ1) is 21.4. The number of hydrogen-bond acceptors (Lipinski definition) is 7. The molecule has 2 aliphatic rings. The number of ether oxygens (including phenoxy) is 3. The average molecular weight is 419 g/mol. The fraction of sp³-hybridized carbons (Fsp3) is 0.500. The van der Waals surface area contributed by atoms with Crippen LogP contribution >= 0.6 is 0 Å². The Morgan fingerprint density at radius 3 is 2.30 bits per heavy atom. The molecule has 0 bridgehead atoms. The van der Waals surface area contributed by atoms with E-state index < -0.39 is 36.6 Å². The molecule has 0 spiro atoms. The molecule has 0 atom stereocenters. The number of fused-ring (bicyclic) bond motifs is 1. The number of nitrogens with zero attached hydrogens (tertiary/aromatic N) is 2. The number of amides is 4. The highest BCUT2D eigenvalue weighted by Gasteiger charge is 2.45. The van der Waals surface area contributed by atoms with Crippen LogP contribution in [0, 0.1) is 0 Å². The first-order chi connectivity index (χ1) is 14.2. The molecule has 0 saturated carbocycles. The monoisotopic (exact) mass is 419 g/mol. The molecule has 0 unspecified atom stereocenters. The number of carbonyl (C=O) groups is 4. The van der Waals surface area contributed by atoms with Crippen molar-refractivity contribution in [3.63, 3.8) is 0 Å². The molecule has 1 N–H and O–H groups in total. The summed E-state index contributed by atoms with van der Waals surface area (Å²) < 4.78 is 15.6. The standard InChI is InChI=1S/C20H25N3O7/c1-20(2)18(26)23(19(27)21-20)10-17(25)30-11-16(24)22-6-5-12-7-14(28-3)15(29-4)8-13(12)9-22/h7-8H,5-6,9-11H2,1-4H3,(H,21,27). The summed E-state index contributed by atoms with van der Waals surface area (Å²) in [6, 6.07) is 3.07. The van der Waals surface area contributed by atoms with Crippen molar-refractivity contribution in [1.82, 2.24) is 15.1 Å². The van der Waals surface area contributed by atoms with E-state index in [1.165, 1.54) is 0 Å². The lowest BCUT2D eigenvalue weighted by Gasteiger charge is -2.29. The quantitative estimate of drug-likeness (QED) is 0.526. The van der Waals surface area contributed by atoms with E-state index in [1.807, 2.05) is 12.1 Å². The number of methoxy groups -OCH3 is 2. The van der Waals surface area contributed by atoms with E-state index >= 15 is 0 Å². The van der Waals surface area contributed by atoms with E-state index in [4.69, 9.17) is 14.2 Å². The second kappa shape index (κ2) is 8.21. The summed E-state index contributed by atoms with van der Waals surface area (Å²) in [5.74, 6) is -0.496. The van der Waals surface area contributed by atoms with E-state index in [-0.39, 0.29) is 5.91 Å². The zero-order valence-corrected chi connectivity index (χ0v) is 17.4. The number of esters is 1. The molecule has 3 rings (SSSR count). The Labute approximate surface area is 174 Å². The predicted octanol–water partition coefficient (Wildman–Crippen LogP) is 0.462. The Bertz CT molecular complexity index is 897. The van der Waals surface area contributed by atoms with E-state index in [0.29, 0.717) is 31.0 Å². The molecule has 10 heteroatoms. The van der Waals surface area contributed by atoms with Gasteiger partial charge in [0.25, 0.3) is 11.8 Å². The van der Waals surface area contributed by atoms with Crippen molar-refractivity contribution < 1.29 is 33.4 Å². The van der Waals surface area contributed by atoms with Crippen molar-refractivity contribution in [3.8, 4) is 11.5 Å². The van der Waals surface area contributed by atoms with Crippen molar-refractivity contribution in [2.24, 2.45) is 0 Å². The van der Waals surface area contributed by atoms with Gasteiger partial charge in [0.15, 0.2) is 18.1 Å². The number of rotatable bonds is 6. The van der Waals surface area contributed by atoms with Gasteiger partial charge in [-0.1, -0.05) is 0 Å². The van der Waals surface area contributed by atoms with Crippen molar-refractivity contribution in [1.29, 1.82) is 0 Å². The molecule has 30 heavy (non-hydrogen) atoms. The van der Waals surface area contributed by atoms with E-state index in [1.54, 1.807) is 33.0 Å². The van der Waals surface area contributed by atoms with E-state index in [9.17, 15) is 19.2 Å². The van der Waals surface area contributed by atoms with Crippen molar-refractivity contribution in [3.05, 3.63) is 23.3 Å². The average Bonchev–Trinajstić information content (AvgIpc) is 2.91. The van der Waals surface area contributed by atoms with Gasteiger partial charge in [-0.25, -0.2) is 4.79 Å². The Hall–Kier alpha value is -3.30. The van der Waals surface area contributed by atoms with Gasteiger partial charge in [-0.2, -0.15) is 0 Å². The van der Waals surface area contributed by atoms with Crippen LogP contribution in [0.25, 0.3) is 0 Å². The molecule has 162 valence electrons. The predicted molar refractivity (Wildman–Crippen MR) is 104 cm³/mol. The number of nitrogens with one attached hydrogen (secondary N) is 1. The molecule has 2 aliphatic heterocycles. The minimum Gasteiger partial charge on any atom is -0.493 e. The minimum atomic E-state index is -1.07. The fourth-order valence-electron chi connectivity index (χ4n) is 3.47. The number of urea groups is 1. The molecule has 2 heterocycles. The molecular formula is C20H25N3O7. The molecular weight excluding hydrogens is 394 g/mol. The van der Waals surface area contributed by atoms with Crippen LogP contribution in [0.5, 0.6) is 11.5 Å². The maximum absolute atomic E-state index is 12.5. The molecule has 1 saturated heterocycles. The summed E-state index contributed by atoms with van der Waals surface area (Å²) in [6.45, 7) is 2.91. The van der Waals surface area contributed by atoms with Gasteiger partial charge in [0.1, 0.15) is 12.1 Å². The van der Waals surface area contributed by atoms with Crippen LogP contribution in [0.4, 0.5) is 4.79 Å². The first-order valence-corrected chi connectivity index (χ1v) is 9.47. The van der Waals surface area contributed by atoms with Gasteiger partial charge >= 0.3 is 12.0 Å². The Morgan fingerprint density at radius 2 is 1.73 bits per heavy atom. The highest BCUT2D eigenvalue weighted by Crippen LogP contribution is 2.33. The summed E-state index contributed by atoms with van der Waals surface area (Å²) >= 11 is 0. The molecule has 4 amide bonds. The number of carbonyl (C=O) groups excluding carboxylic acids is 4. The van der Waals surface area contributed by atoms with Crippen molar-refractivity contribution in [2.75, 3.05) is 33.9 Å². The Kier molecular flexibility index (Phi) is 5.86. The van der Waals surface area contributed by atoms with Crippen LogP contribution in [0.2, 0.25) is 0 Å². The van der Waals surface area contributed by atoms with Gasteiger partial charge in [-0.05, 0) is 43.5 Å². The van der Waals surface area contributed by atoms with Crippen LogP contribution in [-0.4, -0.2) is 73.1 Å². The van der Waals surface area contributed by atoms with E-state index in [2.05, 4.69) is 5.32 Å². The number of benzene rings is 1. The fourth-order valence-corrected chi connectivity index (χ4v) is 3.47. The lowest BCUT2D eigenvalue weighted by atomic mass is 9.99. The molecule has 0 radical (unpaired) electrons. The lowest BCUT2D eigenvalue weighted by molar-refractivity contribution is -0.154. The normalized spacial score (nSPS) is 17.3. The summed E-state index contributed by atoms with van der Waals surface area (Å²) in [5, 5.41) is 2.48. The third-order valence-electron chi connectivity index (χ3n) is 5.16. The summed E-state index contributed by atoms with van der Waals surface area (Å²) in [6.07, 6.45) is 0.632. The van der Waals surface area contributed by atoms with Gasteiger partial charge in [0.2, 0.25) is 0 Å². The zero-order valence-electron chi connectivity index (χ0n) is 17.4. The van der Waals surface area contributed by atoms with Crippen LogP contribution in [0.3, 0.4) is 0 Å². The van der Waals surface area contributed by atoms with Crippen molar-refractivity contribution in [2.45, 2.75) is 32.4 Å². The third-order valence-corrected chi connectivity index (χ3v) is 5.16. The smallest absolute Gasteiger partial charge is 0.326 e. The van der Waals surface area contributed by atoms with Gasteiger partial charge in [-0.3, -0.25) is 19.3 Å². The molecule has 0 aromatic heterocycles.